The molecule has 7 heteroatoms. The highest BCUT2D eigenvalue weighted by Gasteiger charge is 2.22. The van der Waals surface area contributed by atoms with Gasteiger partial charge in [0.1, 0.15) is 11.3 Å². The Hall–Kier alpha value is -3.71. The first kappa shape index (κ1) is 20.2. The van der Waals surface area contributed by atoms with Gasteiger partial charge in [-0.15, -0.1) is 0 Å². The van der Waals surface area contributed by atoms with E-state index in [-0.39, 0.29) is 24.4 Å². The van der Waals surface area contributed by atoms with Gasteiger partial charge in [0.15, 0.2) is 10.9 Å². The molecule has 5 rings (SSSR count). The molecule has 2 aromatic heterocycles. The Kier molecular flexibility index (Phi) is 5.33. The Bertz CT molecular complexity index is 1430. The molecule has 0 fully saturated rings. The lowest BCUT2D eigenvalue weighted by Crippen LogP contribution is -2.31. The highest BCUT2D eigenvalue weighted by atomic mass is 32.1. The first-order chi connectivity index (χ1) is 15.6. The number of pyridine rings is 1. The molecule has 0 radical (unpaired) electrons. The number of benzene rings is 3. The van der Waals surface area contributed by atoms with Gasteiger partial charge in [-0.3, -0.25) is 14.7 Å². The minimum Gasteiger partial charge on any atom is -0.283 e. The number of amides is 1. The van der Waals surface area contributed by atoms with E-state index in [0.717, 1.165) is 39.3 Å². The fraction of sp³-hybridized carbons (Fsp3) is 0.0800. The third-order valence-corrected chi connectivity index (χ3v) is 6.24. The predicted octanol–water partition coefficient (Wildman–Crippen LogP) is 5.90. The standard InChI is InChI=1S/C25H17F2N3OS/c26-19-12-21(27)24-22(13-19)32-25(29-24)30(15-16-5-4-10-28-14-16)23(31)11-18-8-3-7-17-6-1-2-9-20(17)18/h1-10,12-14H,11,15H2. The summed E-state index contributed by atoms with van der Waals surface area (Å²) in [6.45, 7) is 0.224. The van der Waals surface area contributed by atoms with Gasteiger partial charge in [0, 0.05) is 18.5 Å². The molecule has 0 spiro atoms. The number of aromatic nitrogens is 2. The Morgan fingerprint density at radius 3 is 2.69 bits per heavy atom. The summed E-state index contributed by atoms with van der Waals surface area (Å²) in [5, 5.41) is 2.37. The average Bonchev–Trinajstić information content (AvgIpc) is 3.22. The SMILES string of the molecule is O=C(Cc1cccc2ccccc12)N(Cc1cccnc1)c1nc2c(F)cc(F)cc2s1. The second-order valence-corrected chi connectivity index (χ2v) is 8.40. The van der Waals surface area contributed by atoms with E-state index < -0.39 is 11.6 Å². The van der Waals surface area contributed by atoms with Crippen molar-refractivity contribution in [3.63, 3.8) is 0 Å². The smallest absolute Gasteiger partial charge is 0.233 e. The van der Waals surface area contributed by atoms with Gasteiger partial charge < -0.3 is 0 Å². The molecule has 0 unspecified atom stereocenters. The summed E-state index contributed by atoms with van der Waals surface area (Å²) in [5.41, 5.74) is 1.76. The Balaban J connectivity index is 1.55. The second kappa shape index (κ2) is 8.43. The molecular weight excluding hydrogens is 428 g/mol. The molecule has 5 aromatic rings. The lowest BCUT2D eigenvalue weighted by Gasteiger charge is -2.20. The van der Waals surface area contributed by atoms with Crippen LogP contribution >= 0.6 is 11.3 Å². The molecule has 0 saturated carbocycles. The molecule has 0 N–H and O–H groups in total. The summed E-state index contributed by atoms with van der Waals surface area (Å²) in [5.74, 6) is -1.61. The molecule has 0 bridgehead atoms. The molecule has 0 aliphatic rings. The summed E-state index contributed by atoms with van der Waals surface area (Å²) < 4.78 is 28.3. The predicted molar refractivity (Wildman–Crippen MR) is 123 cm³/mol. The maximum Gasteiger partial charge on any atom is 0.233 e. The summed E-state index contributed by atoms with van der Waals surface area (Å²) >= 11 is 1.09. The number of carbonyl (C=O) groups is 1. The Morgan fingerprint density at radius 1 is 1.00 bits per heavy atom. The van der Waals surface area contributed by atoms with Gasteiger partial charge in [-0.25, -0.2) is 13.8 Å². The molecule has 32 heavy (non-hydrogen) atoms. The van der Waals surface area contributed by atoms with Crippen molar-refractivity contribution in [3.05, 3.63) is 102 Å². The molecular formula is C25H17F2N3OS. The van der Waals surface area contributed by atoms with Crippen LogP contribution in [0.2, 0.25) is 0 Å². The van der Waals surface area contributed by atoms with Crippen LogP contribution in [0.4, 0.5) is 13.9 Å². The lowest BCUT2D eigenvalue weighted by molar-refractivity contribution is -0.118. The summed E-state index contributed by atoms with van der Waals surface area (Å²) in [6.07, 6.45) is 3.47. The van der Waals surface area contributed by atoms with Crippen LogP contribution in [0.3, 0.4) is 0 Å². The van der Waals surface area contributed by atoms with Crippen molar-refractivity contribution >= 4 is 43.4 Å². The van der Waals surface area contributed by atoms with Crippen LogP contribution in [0.1, 0.15) is 11.1 Å². The van der Waals surface area contributed by atoms with Gasteiger partial charge in [-0.1, -0.05) is 59.9 Å². The van der Waals surface area contributed by atoms with Crippen molar-refractivity contribution in [2.24, 2.45) is 0 Å². The molecule has 0 saturated heterocycles. The highest BCUT2D eigenvalue weighted by molar-refractivity contribution is 7.22. The molecule has 1 amide bonds. The Morgan fingerprint density at radius 2 is 1.84 bits per heavy atom. The number of thiazole rings is 1. The fourth-order valence-corrected chi connectivity index (χ4v) is 4.72. The zero-order valence-electron chi connectivity index (χ0n) is 16.8. The van der Waals surface area contributed by atoms with E-state index in [4.69, 9.17) is 0 Å². The maximum atomic E-state index is 14.3. The third-order valence-electron chi connectivity index (χ3n) is 5.22. The van der Waals surface area contributed by atoms with Crippen molar-refractivity contribution in [1.82, 2.24) is 9.97 Å². The summed E-state index contributed by atoms with van der Waals surface area (Å²) in [4.78, 5) is 23.5. The van der Waals surface area contributed by atoms with Gasteiger partial charge in [0.05, 0.1) is 17.7 Å². The van der Waals surface area contributed by atoms with E-state index in [9.17, 15) is 13.6 Å². The number of hydrogen-bond donors (Lipinski definition) is 0. The summed E-state index contributed by atoms with van der Waals surface area (Å²) in [7, 11) is 0. The number of carbonyl (C=O) groups excluding carboxylic acids is 1. The van der Waals surface area contributed by atoms with E-state index in [1.165, 1.54) is 11.0 Å². The first-order valence-electron chi connectivity index (χ1n) is 10.00. The monoisotopic (exact) mass is 445 g/mol. The quantitative estimate of drug-likeness (QED) is 0.338. The first-order valence-corrected chi connectivity index (χ1v) is 10.8. The van der Waals surface area contributed by atoms with E-state index in [0.29, 0.717) is 9.83 Å². The van der Waals surface area contributed by atoms with Crippen molar-refractivity contribution in [3.8, 4) is 0 Å². The molecule has 158 valence electrons. The Labute approximate surface area is 186 Å². The molecule has 2 heterocycles. The van der Waals surface area contributed by atoms with Gasteiger partial charge in [0.25, 0.3) is 0 Å². The molecule has 3 aromatic carbocycles. The number of halogens is 2. The normalized spacial score (nSPS) is 11.2. The van der Waals surface area contributed by atoms with Crippen molar-refractivity contribution in [2.45, 2.75) is 13.0 Å². The van der Waals surface area contributed by atoms with Crippen LogP contribution in [0.5, 0.6) is 0 Å². The zero-order chi connectivity index (χ0) is 22.1. The van der Waals surface area contributed by atoms with Gasteiger partial charge in [0.2, 0.25) is 5.91 Å². The van der Waals surface area contributed by atoms with Crippen molar-refractivity contribution in [2.75, 3.05) is 4.90 Å². The number of fused-ring (bicyclic) bond motifs is 2. The van der Waals surface area contributed by atoms with Crippen LogP contribution in [-0.4, -0.2) is 15.9 Å². The number of rotatable bonds is 5. The van der Waals surface area contributed by atoms with Gasteiger partial charge >= 0.3 is 0 Å². The lowest BCUT2D eigenvalue weighted by atomic mass is 10.0. The molecule has 4 nitrogen and oxygen atoms in total. The maximum absolute atomic E-state index is 14.3. The molecule has 0 aliphatic carbocycles. The number of hydrogen-bond acceptors (Lipinski definition) is 4. The van der Waals surface area contributed by atoms with E-state index in [1.807, 2.05) is 48.5 Å². The van der Waals surface area contributed by atoms with Crippen molar-refractivity contribution in [1.29, 1.82) is 0 Å². The zero-order valence-corrected chi connectivity index (χ0v) is 17.7. The number of nitrogens with zero attached hydrogens (tertiary/aromatic N) is 3. The second-order valence-electron chi connectivity index (χ2n) is 7.39. The molecule has 0 atom stereocenters. The van der Waals surface area contributed by atoms with Crippen LogP contribution in [-0.2, 0) is 17.8 Å². The highest BCUT2D eigenvalue weighted by Crippen LogP contribution is 2.32. The topological polar surface area (TPSA) is 46.1 Å². The average molecular weight is 445 g/mol. The van der Waals surface area contributed by atoms with E-state index >= 15 is 0 Å². The van der Waals surface area contributed by atoms with E-state index in [2.05, 4.69) is 9.97 Å². The van der Waals surface area contributed by atoms with Crippen LogP contribution in [0.15, 0.2) is 79.1 Å². The van der Waals surface area contributed by atoms with Gasteiger partial charge in [-0.2, -0.15) is 0 Å². The fourth-order valence-electron chi connectivity index (χ4n) is 3.70. The van der Waals surface area contributed by atoms with Crippen molar-refractivity contribution < 1.29 is 13.6 Å². The van der Waals surface area contributed by atoms with Gasteiger partial charge in [-0.05, 0) is 34.0 Å². The number of anilines is 1. The van der Waals surface area contributed by atoms with Crippen LogP contribution in [0.25, 0.3) is 21.0 Å². The van der Waals surface area contributed by atoms with Crippen LogP contribution < -0.4 is 4.90 Å². The minimum absolute atomic E-state index is 0.0561. The third kappa shape index (κ3) is 3.94. The largest absolute Gasteiger partial charge is 0.283 e. The minimum atomic E-state index is -0.745. The van der Waals surface area contributed by atoms with Crippen LogP contribution in [0, 0.1) is 11.6 Å². The van der Waals surface area contributed by atoms with E-state index in [1.54, 1.807) is 18.5 Å². The molecule has 0 aliphatic heterocycles. The summed E-state index contributed by atoms with van der Waals surface area (Å²) in [6, 6.07) is 19.4.